The first-order chi connectivity index (χ1) is 9.58. The minimum atomic E-state index is -0.342. The fourth-order valence-corrected chi connectivity index (χ4v) is 2.65. The van der Waals surface area contributed by atoms with Crippen molar-refractivity contribution in [2.24, 2.45) is 0 Å². The molecule has 0 aliphatic carbocycles. The SMILES string of the molecule is CC(C)n1ccc2c(N3CCC(=O)NC3=O)cccc21. The molecule has 1 aromatic heterocycles. The van der Waals surface area contributed by atoms with E-state index in [1.54, 1.807) is 4.90 Å². The lowest BCUT2D eigenvalue weighted by atomic mass is 10.1. The summed E-state index contributed by atoms with van der Waals surface area (Å²) in [5, 5.41) is 3.40. The monoisotopic (exact) mass is 271 g/mol. The van der Waals surface area contributed by atoms with E-state index < -0.39 is 0 Å². The molecule has 0 radical (unpaired) electrons. The number of aromatic nitrogens is 1. The molecule has 1 aromatic carbocycles. The Kier molecular flexibility index (Phi) is 2.97. The van der Waals surface area contributed by atoms with Crippen LogP contribution < -0.4 is 10.2 Å². The number of benzene rings is 1. The summed E-state index contributed by atoms with van der Waals surface area (Å²) in [6.07, 6.45) is 2.37. The van der Waals surface area contributed by atoms with Crippen LogP contribution in [0.2, 0.25) is 0 Å². The number of rotatable bonds is 2. The Morgan fingerprint density at radius 3 is 2.70 bits per heavy atom. The van der Waals surface area contributed by atoms with Crippen molar-refractivity contribution in [3.63, 3.8) is 0 Å². The summed E-state index contributed by atoms with van der Waals surface area (Å²) in [5.74, 6) is -0.210. The maximum absolute atomic E-state index is 12.0. The molecule has 0 bridgehead atoms. The molecule has 0 unspecified atom stereocenters. The van der Waals surface area contributed by atoms with Crippen molar-refractivity contribution in [3.8, 4) is 0 Å². The highest BCUT2D eigenvalue weighted by atomic mass is 16.2. The van der Waals surface area contributed by atoms with Crippen LogP contribution >= 0.6 is 0 Å². The lowest BCUT2D eigenvalue weighted by molar-refractivity contribution is -0.120. The van der Waals surface area contributed by atoms with E-state index in [1.165, 1.54) is 0 Å². The average Bonchev–Trinajstić information content (AvgIpc) is 2.82. The highest BCUT2D eigenvalue weighted by molar-refractivity contribution is 6.09. The molecule has 20 heavy (non-hydrogen) atoms. The number of urea groups is 1. The zero-order chi connectivity index (χ0) is 14.3. The standard InChI is InChI=1S/C15H17N3O2/c1-10(2)17-8-6-11-12(17)4-3-5-13(11)18-9-7-14(19)16-15(18)20/h3-6,8,10H,7,9H2,1-2H3,(H,16,19,20). The number of nitrogens with one attached hydrogen (secondary N) is 1. The normalized spacial score (nSPS) is 16.1. The number of fused-ring (bicyclic) bond motifs is 1. The summed E-state index contributed by atoms with van der Waals surface area (Å²) >= 11 is 0. The number of carbonyl (C=O) groups excluding carboxylic acids is 2. The molecule has 3 rings (SSSR count). The van der Waals surface area contributed by atoms with Crippen LogP contribution in [0.1, 0.15) is 26.3 Å². The Morgan fingerprint density at radius 2 is 2.00 bits per heavy atom. The molecule has 3 amide bonds. The number of amides is 3. The molecular formula is C15H17N3O2. The lowest BCUT2D eigenvalue weighted by Gasteiger charge is -2.27. The van der Waals surface area contributed by atoms with Gasteiger partial charge in [-0.15, -0.1) is 0 Å². The van der Waals surface area contributed by atoms with Crippen LogP contribution in [0.25, 0.3) is 10.9 Å². The van der Waals surface area contributed by atoms with E-state index in [9.17, 15) is 9.59 Å². The van der Waals surface area contributed by atoms with Crippen LogP contribution in [0.5, 0.6) is 0 Å². The number of hydrogen-bond acceptors (Lipinski definition) is 2. The first-order valence-corrected chi connectivity index (χ1v) is 6.79. The van der Waals surface area contributed by atoms with Gasteiger partial charge < -0.3 is 4.57 Å². The minimum Gasteiger partial charge on any atom is -0.345 e. The predicted octanol–water partition coefficient (Wildman–Crippen LogP) is 2.67. The van der Waals surface area contributed by atoms with Gasteiger partial charge in [0, 0.05) is 30.6 Å². The van der Waals surface area contributed by atoms with Crippen LogP contribution in [-0.2, 0) is 4.79 Å². The summed E-state index contributed by atoms with van der Waals surface area (Å²) < 4.78 is 2.17. The Bertz CT molecular complexity index is 687. The fourth-order valence-electron chi connectivity index (χ4n) is 2.65. The van der Waals surface area contributed by atoms with Gasteiger partial charge in [0.15, 0.2) is 0 Å². The van der Waals surface area contributed by atoms with Crippen LogP contribution in [-0.4, -0.2) is 23.1 Å². The summed E-state index contributed by atoms with van der Waals surface area (Å²) in [6, 6.07) is 7.95. The van der Waals surface area contributed by atoms with Crippen molar-refractivity contribution in [1.29, 1.82) is 0 Å². The number of nitrogens with zero attached hydrogens (tertiary/aromatic N) is 2. The van der Waals surface area contributed by atoms with Crippen molar-refractivity contribution >= 4 is 28.5 Å². The van der Waals surface area contributed by atoms with Gasteiger partial charge in [-0.25, -0.2) is 4.79 Å². The van der Waals surface area contributed by atoms with Crippen molar-refractivity contribution in [3.05, 3.63) is 30.5 Å². The molecule has 2 heterocycles. The average molecular weight is 271 g/mol. The summed E-state index contributed by atoms with van der Waals surface area (Å²) in [7, 11) is 0. The largest absolute Gasteiger partial charge is 0.345 e. The number of carbonyl (C=O) groups is 2. The van der Waals surface area contributed by atoms with Crippen molar-refractivity contribution in [2.75, 3.05) is 11.4 Å². The van der Waals surface area contributed by atoms with Crippen LogP contribution in [0.4, 0.5) is 10.5 Å². The Hall–Kier alpha value is -2.30. The number of hydrogen-bond donors (Lipinski definition) is 1. The van der Waals surface area contributed by atoms with Gasteiger partial charge >= 0.3 is 6.03 Å². The van der Waals surface area contributed by atoms with Crippen LogP contribution in [0.3, 0.4) is 0 Å². The fraction of sp³-hybridized carbons (Fsp3) is 0.333. The Morgan fingerprint density at radius 1 is 1.20 bits per heavy atom. The highest BCUT2D eigenvalue weighted by Gasteiger charge is 2.25. The van der Waals surface area contributed by atoms with E-state index in [0.717, 1.165) is 16.6 Å². The lowest BCUT2D eigenvalue weighted by Crippen LogP contribution is -2.49. The number of imide groups is 1. The first-order valence-electron chi connectivity index (χ1n) is 6.79. The molecule has 0 saturated carbocycles. The van der Waals surface area contributed by atoms with Gasteiger partial charge in [0.05, 0.1) is 11.2 Å². The van der Waals surface area contributed by atoms with Crippen LogP contribution in [0.15, 0.2) is 30.5 Å². The van der Waals surface area contributed by atoms with Crippen molar-refractivity contribution < 1.29 is 9.59 Å². The molecule has 1 fully saturated rings. The van der Waals surface area contributed by atoms with E-state index in [1.807, 2.05) is 30.5 Å². The predicted molar refractivity (Wildman–Crippen MR) is 77.8 cm³/mol. The molecule has 1 aliphatic heterocycles. The quantitative estimate of drug-likeness (QED) is 0.913. The maximum atomic E-state index is 12.0. The van der Waals surface area contributed by atoms with Crippen molar-refractivity contribution in [2.45, 2.75) is 26.3 Å². The zero-order valence-electron chi connectivity index (χ0n) is 11.6. The second-order valence-corrected chi connectivity index (χ2v) is 5.28. The second kappa shape index (κ2) is 4.67. The van der Waals surface area contributed by atoms with Gasteiger partial charge in [-0.1, -0.05) is 6.07 Å². The van der Waals surface area contributed by atoms with Crippen LogP contribution in [0, 0.1) is 0 Å². The highest BCUT2D eigenvalue weighted by Crippen LogP contribution is 2.30. The Labute approximate surface area is 117 Å². The van der Waals surface area contributed by atoms with E-state index in [4.69, 9.17) is 0 Å². The maximum Gasteiger partial charge on any atom is 0.328 e. The molecular weight excluding hydrogens is 254 g/mol. The molecule has 1 N–H and O–H groups in total. The summed E-state index contributed by atoms with van der Waals surface area (Å²) in [6.45, 7) is 4.67. The molecule has 5 heteroatoms. The molecule has 1 aliphatic rings. The third-order valence-corrected chi connectivity index (χ3v) is 3.64. The molecule has 5 nitrogen and oxygen atoms in total. The Balaban J connectivity index is 2.08. The molecule has 1 saturated heterocycles. The number of anilines is 1. The summed E-state index contributed by atoms with van der Waals surface area (Å²) in [5.41, 5.74) is 1.95. The van der Waals surface area contributed by atoms with Gasteiger partial charge in [-0.2, -0.15) is 0 Å². The van der Waals surface area contributed by atoms with Gasteiger partial charge in [-0.3, -0.25) is 15.0 Å². The molecule has 2 aromatic rings. The van der Waals surface area contributed by atoms with E-state index in [-0.39, 0.29) is 11.9 Å². The molecule has 104 valence electrons. The second-order valence-electron chi connectivity index (χ2n) is 5.28. The van der Waals surface area contributed by atoms with E-state index in [2.05, 4.69) is 23.7 Å². The van der Waals surface area contributed by atoms with Gasteiger partial charge in [0.1, 0.15) is 0 Å². The summed E-state index contributed by atoms with van der Waals surface area (Å²) in [4.78, 5) is 24.9. The van der Waals surface area contributed by atoms with E-state index >= 15 is 0 Å². The van der Waals surface area contributed by atoms with E-state index in [0.29, 0.717) is 19.0 Å². The van der Waals surface area contributed by atoms with Crippen molar-refractivity contribution in [1.82, 2.24) is 9.88 Å². The third-order valence-electron chi connectivity index (χ3n) is 3.64. The van der Waals surface area contributed by atoms with Gasteiger partial charge in [-0.05, 0) is 32.0 Å². The third kappa shape index (κ3) is 1.95. The smallest absolute Gasteiger partial charge is 0.328 e. The van der Waals surface area contributed by atoms with Gasteiger partial charge in [0.2, 0.25) is 5.91 Å². The minimum absolute atomic E-state index is 0.210. The molecule has 0 atom stereocenters. The first kappa shape index (κ1) is 12.7. The molecule has 0 spiro atoms. The zero-order valence-corrected chi connectivity index (χ0v) is 11.6. The topological polar surface area (TPSA) is 54.3 Å². The van der Waals surface area contributed by atoms with Gasteiger partial charge in [0.25, 0.3) is 0 Å².